The Kier molecular flexibility index (Phi) is 4.57. The molecule has 0 saturated carbocycles. The van der Waals surface area contributed by atoms with Crippen LogP contribution in [0.15, 0.2) is 42.5 Å². The maximum Gasteiger partial charge on any atom is 0.437 e. The van der Waals surface area contributed by atoms with E-state index in [2.05, 4.69) is 5.32 Å². The van der Waals surface area contributed by atoms with Crippen molar-refractivity contribution in [1.82, 2.24) is 10.6 Å². The van der Waals surface area contributed by atoms with Crippen LogP contribution in [0.2, 0.25) is 0 Å². The lowest BCUT2D eigenvalue weighted by Gasteiger charge is -2.45. The third kappa shape index (κ3) is 3.20. The quantitative estimate of drug-likeness (QED) is 0.518. The number of halogens is 4. The van der Waals surface area contributed by atoms with E-state index in [1.807, 2.05) is 0 Å². The number of carbonyl (C=O) groups excluding carboxylic acids is 2. The minimum absolute atomic E-state index is 0.0808. The molecule has 11 heteroatoms. The second kappa shape index (κ2) is 6.87. The van der Waals surface area contributed by atoms with Crippen molar-refractivity contribution in [1.29, 1.82) is 0 Å². The first kappa shape index (κ1) is 20.0. The Hall–Kier alpha value is -3.34. The van der Waals surface area contributed by atoms with Gasteiger partial charge in [-0.05, 0) is 42.0 Å². The molecule has 0 spiro atoms. The highest BCUT2D eigenvalue weighted by molar-refractivity contribution is 6.00. The van der Waals surface area contributed by atoms with E-state index in [0.29, 0.717) is 5.75 Å². The molecule has 1 saturated heterocycles. The van der Waals surface area contributed by atoms with Gasteiger partial charge in [0.25, 0.3) is 0 Å². The Morgan fingerprint density at radius 3 is 2.43 bits per heavy atom. The SMILES string of the molecule is O=C1N[C@@H](c2ccc3c(c2)OCO3)[C@H](C(=O)c2ccc(F)cc2)[C@@](O)(C(F)(F)F)N1. The summed E-state index contributed by atoms with van der Waals surface area (Å²) in [6.45, 7) is -0.0954. The summed E-state index contributed by atoms with van der Waals surface area (Å²) in [7, 11) is 0. The van der Waals surface area contributed by atoms with Crippen molar-refractivity contribution in [2.75, 3.05) is 6.79 Å². The number of hydrogen-bond acceptors (Lipinski definition) is 5. The van der Waals surface area contributed by atoms with Crippen molar-refractivity contribution < 1.29 is 41.7 Å². The summed E-state index contributed by atoms with van der Waals surface area (Å²) in [5.74, 6) is -3.51. The Morgan fingerprint density at radius 1 is 1.10 bits per heavy atom. The Balaban J connectivity index is 1.84. The van der Waals surface area contributed by atoms with Gasteiger partial charge >= 0.3 is 12.2 Å². The molecule has 2 aliphatic heterocycles. The third-order valence-electron chi connectivity index (χ3n) is 4.97. The fraction of sp³-hybridized carbons (Fsp3) is 0.263. The molecule has 1 fully saturated rings. The monoisotopic (exact) mass is 426 g/mol. The number of carbonyl (C=O) groups is 2. The number of hydrogen-bond donors (Lipinski definition) is 3. The van der Waals surface area contributed by atoms with E-state index in [1.165, 1.54) is 23.5 Å². The molecule has 3 N–H and O–H groups in total. The molecule has 30 heavy (non-hydrogen) atoms. The van der Waals surface area contributed by atoms with Crippen LogP contribution < -0.4 is 20.1 Å². The van der Waals surface area contributed by atoms with E-state index in [0.717, 1.165) is 24.3 Å². The second-order valence-electron chi connectivity index (χ2n) is 6.80. The molecule has 2 aromatic carbocycles. The maximum absolute atomic E-state index is 13.8. The van der Waals surface area contributed by atoms with Gasteiger partial charge in [0.2, 0.25) is 12.5 Å². The van der Waals surface area contributed by atoms with Gasteiger partial charge in [-0.1, -0.05) is 6.07 Å². The standard InChI is InChI=1S/C19H14F4N2O5/c20-11-4-1-9(2-5-11)16(26)14-15(10-3-6-12-13(7-10)30-8-29-12)24-17(27)25-18(14,28)19(21,22)23/h1-7,14-15,28H,8H2,(H2,24,25,27)/t14-,15+,18-/m1/s1. The van der Waals surface area contributed by atoms with Crippen LogP contribution in [-0.4, -0.2) is 35.6 Å². The van der Waals surface area contributed by atoms with Crippen LogP contribution >= 0.6 is 0 Å². The third-order valence-corrected chi connectivity index (χ3v) is 4.97. The second-order valence-corrected chi connectivity index (χ2v) is 6.80. The zero-order valence-corrected chi connectivity index (χ0v) is 15.0. The number of Topliss-reactive ketones (excluding diaryl/α,β-unsaturated/α-hetero) is 1. The molecule has 4 rings (SSSR count). The highest BCUT2D eigenvalue weighted by Gasteiger charge is 2.66. The Morgan fingerprint density at radius 2 is 1.77 bits per heavy atom. The molecule has 7 nitrogen and oxygen atoms in total. The molecule has 2 amide bonds. The van der Waals surface area contributed by atoms with Gasteiger partial charge in [0, 0.05) is 5.56 Å². The van der Waals surface area contributed by atoms with Crippen molar-refractivity contribution in [3.8, 4) is 11.5 Å². The minimum atomic E-state index is -5.39. The molecular formula is C19H14F4N2O5. The lowest BCUT2D eigenvalue weighted by atomic mass is 9.77. The lowest BCUT2D eigenvalue weighted by molar-refractivity contribution is -0.287. The van der Waals surface area contributed by atoms with Gasteiger partial charge in [-0.25, -0.2) is 9.18 Å². The molecule has 2 aliphatic rings. The van der Waals surface area contributed by atoms with Crippen LogP contribution in [-0.2, 0) is 0 Å². The largest absolute Gasteiger partial charge is 0.454 e. The number of nitrogens with one attached hydrogen (secondary N) is 2. The summed E-state index contributed by atoms with van der Waals surface area (Å²) >= 11 is 0. The Bertz CT molecular complexity index is 1010. The van der Waals surface area contributed by atoms with Crippen LogP contribution in [0.25, 0.3) is 0 Å². The van der Waals surface area contributed by atoms with Crippen molar-refractivity contribution in [3.05, 3.63) is 59.4 Å². The van der Waals surface area contributed by atoms with Gasteiger partial charge in [-0.3, -0.25) is 4.79 Å². The van der Waals surface area contributed by atoms with E-state index >= 15 is 0 Å². The van der Waals surface area contributed by atoms with Crippen LogP contribution in [0, 0.1) is 11.7 Å². The van der Waals surface area contributed by atoms with Gasteiger partial charge < -0.3 is 25.2 Å². The van der Waals surface area contributed by atoms with Crippen molar-refractivity contribution in [2.45, 2.75) is 17.9 Å². The van der Waals surface area contributed by atoms with E-state index in [4.69, 9.17) is 9.47 Å². The average Bonchev–Trinajstić information content (AvgIpc) is 3.14. The first-order valence-corrected chi connectivity index (χ1v) is 8.67. The molecule has 2 aromatic rings. The zero-order chi connectivity index (χ0) is 21.7. The first-order valence-electron chi connectivity index (χ1n) is 8.67. The van der Waals surface area contributed by atoms with E-state index in [1.54, 1.807) is 0 Å². The van der Waals surface area contributed by atoms with Gasteiger partial charge in [0.1, 0.15) is 11.7 Å². The lowest BCUT2D eigenvalue weighted by Crippen LogP contribution is -2.72. The average molecular weight is 426 g/mol. The minimum Gasteiger partial charge on any atom is -0.454 e. The Labute approximate surface area is 166 Å². The normalized spacial score (nSPS) is 25.4. The highest BCUT2D eigenvalue weighted by atomic mass is 19.4. The van der Waals surface area contributed by atoms with Gasteiger partial charge in [-0.2, -0.15) is 13.2 Å². The predicted molar refractivity (Wildman–Crippen MR) is 92.2 cm³/mol. The van der Waals surface area contributed by atoms with E-state index in [-0.39, 0.29) is 23.7 Å². The van der Waals surface area contributed by atoms with Crippen LogP contribution in [0.3, 0.4) is 0 Å². The van der Waals surface area contributed by atoms with Crippen LogP contribution in [0.5, 0.6) is 11.5 Å². The molecular weight excluding hydrogens is 412 g/mol. The molecule has 158 valence electrons. The fourth-order valence-corrected chi connectivity index (χ4v) is 3.52. The maximum atomic E-state index is 13.8. The van der Waals surface area contributed by atoms with Gasteiger partial charge in [0.15, 0.2) is 17.3 Å². The number of alkyl halides is 3. The number of ketones is 1. The molecule has 0 aliphatic carbocycles. The van der Waals surface area contributed by atoms with Crippen molar-refractivity contribution in [3.63, 3.8) is 0 Å². The first-order chi connectivity index (χ1) is 14.1. The summed E-state index contributed by atoms with van der Waals surface area (Å²) in [5, 5.41) is 14.2. The number of rotatable bonds is 3. The number of aliphatic hydroxyl groups is 1. The summed E-state index contributed by atoms with van der Waals surface area (Å²) < 4.78 is 65.1. The molecule has 0 radical (unpaired) electrons. The molecule has 0 bridgehead atoms. The predicted octanol–water partition coefficient (Wildman–Crippen LogP) is 2.66. The molecule has 0 unspecified atom stereocenters. The summed E-state index contributed by atoms with van der Waals surface area (Å²) in [6.07, 6.45) is -5.39. The molecule has 0 aromatic heterocycles. The van der Waals surface area contributed by atoms with E-state index in [9.17, 15) is 32.3 Å². The van der Waals surface area contributed by atoms with Crippen molar-refractivity contribution in [2.24, 2.45) is 5.92 Å². The number of ether oxygens (including phenoxy) is 2. The fourth-order valence-electron chi connectivity index (χ4n) is 3.52. The summed E-state index contributed by atoms with van der Waals surface area (Å²) in [4.78, 5) is 25.1. The summed E-state index contributed by atoms with van der Waals surface area (Å²) in [6, 6.07) is 5.01. The molecule has 3 atom stereocenters. The number of amides is 2. The smallest absolute Gasteiger partial charge is 0.437 e. The van der Waals surface area contributed by atoms with Crippen LogP contribution in [0.1, 0.15) is 22.0 Å². The topological polar surface area (TPSA) is 96.9 Å². The van der Waals surface area contributed by atoms with Crippen LogP contribution in [0.4, 0.5) is 22.4 Å². The van der Waals surface area contributed by atoms with E-state index < -0.39 is 41.5 Å². The van der Waals surface area contributed by atoms with Gasteiger partial charge in [0.05, 0.1) is 6.04 Å². The van der Waals surface area contributed by atoms with Crippen molar-refractivity contribution >= 4 is 11.8 Å². The number of benzene rings is 2. The highest BCUT2D eigenvalue weighted by Crippen LogP contribution is 2.45. The number of urea groups is 1. The number of fused-ring (bicyclic) bond motifs is 1. The van der Waals surface area contributed by atoms with Gasteiger partial charge in [-0.15, -0.1) is 0 Å². The zero-order valence-electron chi connectivity index (χ0n) is 15.0. The molecule has 2 heterocycles. The summed E-state index contributed by atoms with van der Waals surface area (Å²) in [5.41, 5.74) is -4.06.